The van der Waals surface area contributed by atoms with Crippen molar-refractivity contribution in [3.63, 3.8) is 0 Å². The van der Waals surface area contributed by atoms with Crippen LogP contribution in [0.2, 0.25) is 0 Å². The number of piperazine rings is 1. The van der Waals surface area contributed by atoms with E-state index in [0.29, 0.717) is 12.0 Å². The van der Waals surface area contributed by atoms with E-state index in [0.717, 1.165) is 44.4 Å². The summed E-state index contributed by atoms with van der Waals surface area (Å²) in [4.78, 5) is 16.3. The number of anilines is 3. The van der Waals surface area contributed by atoms with Crippen molar-refractivity contribution in [2.75, 3.05) is 54.8 Å². The fraction of sp³-hybridized carbons (Fsp3) is 0.733. The monoisotopic (exact) mass is 288 g/mol. The van der Waals surface area contributed by atoms with Crippen molar-refractivity contribution in [1.29, 1.82) is 0 Å². The molecule has 3 fully saturated rings. The SMILES string of the molecule is Nc1nc(N2CCCC2)cc(N2CCN3CCC[C@@H]3C2)n1. The van der Waals surface area contributed by atoms with Gasteiger partial charge in [-0.15, -0.1) is 0 Å². The number of nitrogen functional groups attached to an aromatic ring is 1. The fourth-order valence-corrected chi connectivity index (χ4v) is 3.91. The first-order chi connectivity index (χ1) is 10.3. The summed E-state index contributed by atoms with van der Waals surface area (Å²) in [5.41, 5.74) is 5.95. The van der Waals surface area contributed by atoms with Crippen LogP contribution < -0.4 is 15.5 Å². The Labute approximate surface area is 125 Å². The van der Waals surface area contributed by atoms with Gasteiger partial charge < -0.3 is 15.5 Å². The molecule has 0 spiro atoms. The van der Waals surface area contributed by atoms with Gasteiger partial charge >= 0.3 is 0 Å². The van der Waals surface area contributed by atoms with Crippen LogP contribution in [0.4, 0.5) is 17.6 Å². The summed E-state index contributed by atoms with van der Waals surface area (Å²) in [7, 11) is 0. The van der Waals surface area contributed by atoms with Crippen molar-refractivity contribution in [2.24, 2.45) is 0 Å². The lowest BCUT2D eigenvalue weighted by Crippen LogP contribution is -2.50. The van der Waals surface area contributed by atoms with E-state index < -0.39 is 0 Å². The summed E-state index contributed by atoms with van der Waals surface area (Å²) in [6.07, 6.45) is 5.15. The highest BCUT2D eigenvalue weighted by atomic mass is 15.3. The molecule has 1 atom stereocenters. The Hall–Kier alpha value is -1.56. The van der Waals surface area contributed by atoms with Crippen LogP contribution in [0.25, 0.3) is 0 Å². The molecular formula is C15H24N6. The van der Waals surface area contributed by atoms with Crippen LogP contribution in [0.5, 0.6) is 0 Å². The molecule has 0 bridgehead atoms. The number of hydrogen-bond donors (Lipinski definition) is 1. The van der Waals surface area contributed by atoms with Crippen LogP contribution >= 0.6 is 0 Å². The lowest BCUT2D eigenvalue weighted by atomic mass is 10.1. The van der Waals surface area contributed by atoms with E-state index >= 15 is 0 Å². The van der Waals surface area contributed by atoms with E-state index in [9.17, 15) is 0 Å². The topological polar surface area (TPSA) is 61.5 Å². The van der Waals surface area contributed by atoms with Crippen molar-refractivity contribution in [3.8, 4) is 0 Å². The molecule has 1 aromatic heterocycles. The van der Waals surface area contributed by atoms with Gasteiger partial charge in [0.2, 0.25) is 5.95 Å². The normalized spacial score (nSPS) is 26.4. The van der Waals surface area contributed by atoms with Crippen LogP contribution in [0, 0.1) is 0 Å². The Balaban J connectivity index is 1.56. The van der Waals surface area contributed by atoms with Gasteiger partial charge in [0, 0.05) is 44.8 Å². The highest BCUT2D eigenvalue weighted by molar-refractivity contribution is 5.54. The largest absolute Gasteiger partial charge is 0.368 e. The molecule has 21 heavy (non-hydrogen) atoms. The Morgan fingerprint density at radius 3 is 2.48 bits per heavy atom. The van der Waals surface area contributed by atoms with E-state index in [1.54, 1.807) is 0 Å². The van der Waals surface area contributed by atoms with E-state index in [1.165, 1.54) is 32.2 Å². The van der Waals surface area contributed by atoms with Crippen LogP contribution in [0.3, 0.4) is 0 Å². The van der Waals surface area contributed by atoms with Gasteiger partial charge in [0.05, 0.1) is 0 Å². The van der Waals surface area contributed by atoms with Crippen LogP contribution in [-0.4, -0.2) is 60.2 Å². The van der Waals surface area contributed by atoms with Gasteiger partial charge in [-0.05, 0) is 32.2 Å². The van der Waals surface area contributed by atoms with Gasteiger partial charge in [-0.25, -0.2) is 0 Å². The van der Waals surface area contributed by atoms with E-state index in [-0.39, 0.29) is 0 Å². The first-order valence-electron chi connectivity index (χ1n) is 8.18. The molecule has 3 saturated heterocycles. The first-order valence-corrected chi connectivity index (χ1v) is 8.18. The summed E-state index contributed by atoms with van der Waals surface area (Å²) >= 11 is 0. The Morgan fingerprint density at radius 2 is 1.67 bits per heavy atom. The van der Waals surface area contributed by atoms with Gasteiger partial charge in [-0.2, -0.15) is 9.97 Å². The summed E-state index contributed by atoms with van der Waals surface area (Å²) in [6.45, 7) is 6.72. The van der Waals surface area contributed by atoms with E-state index in [4.69, 9.17) is 5.73 Å². The van der Waals surface area contributed by atoms with Gasteiger partial charge in [0.1, 0.15) is 11.6 Å². The Kier molecular flexibility index (Phi) is 3.33. The second kappa shape index (κ2) is 5.33. The zero-order chi connectivity index (χ0) is 14.2. The number of nitrogens with two attached hydrogens (primary N) is 1. The first kappa shape index (κ1) is 13.1. The lowest BCUT2D eigenvalue weighted by Gasteiger charge is -2.38. The minimum Gasteiger partial charge on any atom is -0.368 e. The zero-order valence-corrected chi connectivity index (χ0v) is 12.5. The smallest absolute Gasteiger partial charge is 0.223 e. The second-order valence-electron chi connectivity index (χ2n) is 6.41. The summed E-state index contributed by atoms with van der Waals surface area (Å²) in [5.74, 6) is 2.42. The molecule has 0 aliphatic carbocycles. The predicted octanol–water partition coefficient (Wildman–Crippen LogP) is 0.943. The molecule has 3 aliphatic rings. The number of hydrogen-bond acceptors (Lipinski definition) is 6. The molecule has 0 amide bonds. The minimum absolute atomic E-state index is 0.406. The fourth-order valence-electron chi connectivity index (χ4n) is 3.91. The molecule has 0 unspecified atom stereocenters. The minimum atomic E-state index is 0.406. The third-order valence-electron chi connectivity index (χ3n) is 5.06. The average Bonchev–Trinajstić information content (AvgIpc) is 3.17. The maximum absolute atomic E-state index is 5.95. The highest BCUT2D eigenvalue weighted by Crippen LogP contribution is 2.27. The molecule has 0 saturated carbocycles. The Morgan fingerprint density at radius 1 is 0.905 bits per heavy atom. The average molecular weight is 288 g/mol. The van der Waals surface area contributed by atoms with E-state index in [2.05, 4.69) is 30.7 Å². The Bertz CT molecular complexity index is 513. The van der Waals surface area contributed by atoms with Gasteiger partial charge in [-0.1, -0.05) is 0 Å². The van der Waals surface area contributed by atoms with Crippen molar-refractivity contribution >= 4 is 17.6 Å². The van der Waals surface area contributed by atoms with Gasteiger partial charge in [-0.3, -0.25) is 4.90 Å². The maximum atomic E-state index is 5.95. The molecule has 4 heterocycles. The predicted molar refractivity (Wildman–Crippen MR) is 84.7 cm³/mol. The summed E-state index contributed by atoms with van der Waals surface area (Å²) < 4.78 is 0. The van der Waals surface area contributed by atoms with Crippen LogP contribution in [0.1, 0.15) is 25.7 Å². The van der Waals surface area contributed by atoms with Crippen LogP contribution in [-0.2, 0) is 0 Å². The molecule has 2 N–H and O–H groups in total. The van der Waals surface area contributed by atoms with Gasteiger partial charge in [0.25, 0.3) is 0 Å². The molecule has 4 rings (SSSR count). The lowest BCUT2D eigenvalue weighted by molar-refractivity contribution is 0.230. The third-order valence-corrected chi connectivity index (χ3v) is 5.06. The third kappa shape index (κ3) is 2.52. The standard InChI is InChI=1S/C15H24N6/c16-15-17-13(20-5-1-2-6-20)10-14(18-15)21-9-8-19-7-3-4-12(19)11-21/h10,12H,1-9,11H2,(H2,16,17,18)/t12-/m1/s1. The maximum Gasteiger partial charge on any atom is 0.223 e. The second-order valence-corrected chi connectivity index (χ2v) is 6.41. The van der Waals surface area contributed by atoms with Crippen molar-refractivity contribution in [3.05, 3.63) is 6.07 Å². The quantitative estimate of drug-likeness (QED) is 0.874. The number of aromatic nitrogens is 2. The molecule has 0 radical (unpaired) electrons. The van der Waals surface area contributed by atoms with E-state index in [1.807, 2.05) is 0 Å². The highest BCUT2D eigenvalue weighted by Gasteiger charge is 2.31. The van der Waals surface area contributed by atoms with Crippen LogP contribution in [0.15, 0.2) is 6.07 Å². The zero-order valence-electron chi connectivity index (χ0n) is 12.5. The summed E-state index contributed by atoms with van der Waals surface area (Å²) in [5, 5.41) is 0. The van der Waals surface area contributed by atoms with Gasteiger partial charge in [0.15, 0.2) is 0 Å². The number of rotatable bonds is 2. The molecule has 0 aromatic carbocycles. The summed E-state index contributed by atoms with van der Waals surface area (Å²) in [6, 6.07) is 2.83. The van der Waals surface area contributed by atoms with Crippen molar-refractivity contribution in [1.82, 2.24) is 14.9 Å². The molecule has 114 valence electrons. The molecule has 1 aromatic rings. The van der Waals surface area contributed by atoms with Crippen molar-refractivity contribution in [2.45, 2.75) is 31.7 Å². The molecule has 6 nitrogen and oxygen atoms in total. The van der Waals surface area contributed by atoms with Crippen molar-refractivity contribution < 1.29 is 0 Å². The number of nitrogens with zero attached hydrogens (tertiary/aromatic N) is 5. The number of fused-ring (bicyclic) bond motifs is 1. The molecule has 6 heteroatoms. The molecular weight excluding hydrogens is 264 g/mol. The molecule has 3 aliphatic heterocycles.